The van der Waals surface area contributed by atoms with Crippen molar-refractivity contribution in [3.05, 3.63) is 50.4 Å². The topological polar surface area (TPSA) is 70.6 Å². The van der Waals surface area contributed by atoms with Crippen LogP contribution < -0.4 is 15.4 Å². The second kappa shape index (κ2) is 9.52. The van der Waals surface area contributed by atoms with Gasteiger partial charge < -0.3 is 15.2 Å². The number of methoxy groups -OCH3 is 1. The second-order valence-corrected chi connectivity index (χ2v) is 8.14. The molecule has 144 valence electrons. The Morgan fingerprint density at radius 2 is 2.00 bits per heavy atom. The van der Waals surface area contributed by atoms with E-state index in [1.807, 2.05) is 12.1 Å². The van der Waals surface area contributed by atoms with Crippen molar-refractivity contribution in [1.29, 1.82) is 0 Å². The van der Waals surface area contributed by atoms with E-state index in [0.717, 1.165) is 16.5 Å². The van der Waals surface area contributed by atoms with Crippen molar-refractivity contribution >= 4 is 60.8 Å². The Labute approximate surface area is 180 Å². The zero-order chi connectivity index (χ0) is 20.1. The third kappa shape index (κ3) is 5.43. The number of aromatic hydroxyl groups is 1. The van der Waals surface area contributed by atoms with Gasteiger partial charge in [0, 0.05) is 4.47 Å². The zero-order valence-corrected chi connectivity index (χ0v) is 19.1. The van der Waals surface area contributed by atoms with Crippen LogP contribution in [0.1, 0.15) is 42.1 Å². The van der Waals surface area contributed by atoms with Crippen LogP contribution in [0.5, 0.6) is 11.5 Å². The van der Waals surface area contributed by atoms with E-state index >= 15 is 0 Å². The summed E-state index contributed by atoms with van der Waals surface area (Å²) in [5, 5.41) is 15.7. The number of ether oxygens (including phenoxy) is 1. The number of halogens is 2. The highest BCUT2D eigenvalue weighted by atomic mass is 79.9. The molecule has 1 amide bonds. The van der Waals surface area contributed by atoms with Gasteiger partial charge in [0.15, 0.2) is 5.11 Å². The third-order valence-corrected chi connectivity index (χ3v) is 5.39. The fraction of sp³-hybridized carbons (Fsp3) is 0.263. The first kappa shape index (κ1) is 21.7. The van der Waals surface area contributed by atoms with E-state index in [-0.39, 0.29) is 10.9 Å². The van der Waals surface area contributed by atoms with E-state index < -0.39 is 5.91 Å². The number of hydrogen-bond acceptors (Lipinski definition) is 4. The average Bonchev–Trinajstić information content (AvgIpc) is 2.62. The lowest BCUT2D eigenvalue weighted by Crippen LogP contribution is -2.34. The number of hydrogen-bond donors (Lipinski definition) is 3. The molecule has 8 heteroatoms. The molecule has 0 unspecified atom stereocenters. The Hall–Kier alpha value is -1.64. The van der Waals surface area contributed by atoms with Crippen LogP contribution in [0.25, 0.3) is 0 Å². The molecule has 0 aliphatic rings. The van der Waals surface area contributed by atoms with Crippen molar-refractivity contribution in [2.75, 3.05) is 12.4 Å². The van der Waals surface area contributed by atoms with Crippen LogP contribution in [0.2, 0.25) is 0 Å². The van der Waals surface area contributed by atoms with Crippen LogP contribution in [0.15, 0.2) is 39.3 Å². The molecule has 2 aromatic rings. The summed E-state index contributed by atoms with van der Waals surface area (Å²) in [5.74, 6) is 0.378. The fourth-order valence-corrected chi connectivity index (χ4v) is 4.05. The first-order chi connectivity index (χ1) is 12.8. The molecule has 0 heterocycles. The normalized spacial score (nSPS) is 11.6. The van der Waals surface area contributed by atoms with E-state index in [2.05, 4.69) is 56.3 Å². The highest BCUT2D eigenvalue weighted by molar-refractivity contribution is 9.11. The lowest BCUT2D eigenvalue weighted by Gasteiger charge is -2.16. The Balaban J connectivity index is 2.18. The highest BCUT2D eigenvalue weighted by Crippen LogP contribution is 2.33. The molecule has 5 nitrogen and oxygen atoms in total. The van der Waals surface area contributed by atoms with E-state index in [1.165, 1.54) is 7.11 Å². The summed E-state index contributed by atoms with van der Waals surface area (Å²) in [6, 6.07) is 8.74. The van der Waals surface area contributed by atoms with Crippen LogP contribution in [0.3, 0.4) is 0 Å². The Bertz CT molecular complexity index is 874. The van der Waals surface area contributed by atoms with Crippen LogP contribution in [-0.4, -0.2) is 23.2 Å². The molecule has 0 fully saturated rings. The van der Waals surface area contributed by atoms with Gasteiger partial charge in [-0.1, -0.05) is 35.8 Å². The maximum atomic E-state index is 12.6. The summed E-state index contributed by atoms with van der Waals surface area (Å²) in [6.45, 7) is 4.20. The molecule has 0 aliphatic heterocycles. The SMILES string of the molecule is CC[C@H](C)c1ccc(O)c(NC(=S)NC(=O)c2cc(Br)cc(Br)c2OC)c1. The molecular weight excluding hydrogens is 496 g/mol. The smallest absolute Gasteiger partial charge is 0.261 e. The summed E-state index contributed by atoms with van der Waals surface area (Å²) in [6.07, 6.45) is 0.975. The Morgan fingerprint density at radius 3 is 2.63 bits per heavy atom. The summed E-state index contributed by atoms with van der Waals surface area (Å²) in [5.41, 5.74) is 1.84. The second-order valence-electron chi connectivity index (χ2n) is 5.96. The van der Waals surface area contributed by atoms with Gasteiger partial charge in [0.1, 0.15) is 11.5 Å². The summed E-state index contributed by atoms with van der Waals surface area (Å²) >= 11 is 12.0. The molecule has 0 bridgehead atoms. The van der Waals surface area contributed by atoms with Crippen LogP contribution in [0, 0.1) is 0 Å². The molecule has 2 aromatic carbocycles. The molecular formula is C19H20Br2N2O3S. The van der Waals surface area contributed by atoms with Crippen molar-refractivity contribution in [3.8, 4) is 11.5 Å². The first-order valence-corrected chi connectivity index (χ1v) is 10.2. The predicted molar refractivity (Wildman–Crippen MR) is 119 cm³/mol. The monoisotopic (exact) mass is 514 g/mol. The number of phenols is 1. The maximum absolute atomic E-state index is 12.6. The minimum absolute atomic E-state index is 0.0569. The highest BCUT2D eigenvalue weighted by Gasteiger charge is 2.18. The standard InChI is InChI=1S/C19H20Br2N2O3S/c1-4-10(2)11-5-6-16(24)15(7-11)22-19(27)23-18(25)13-8-12(20)9-14(21)17(13)26-3/h5-10,24H,4H2,1-3H3,(H2,22,23,25,27)/t10-/m0/s1. The average molecular weight is 516 g/mol. The van der Waals surface area contributed by atoms with Crippen molar-refractivity contribution in [1.82, 2.24) is 5.32 Å². The van der Waals surface area contributed by atoms with Crippen molar-refractivity contribution < 1.29 is 14.6 Å². The van der Waals surface area contributed by atoms with E-state index in [0.29, 0.717) is 27.4 Å². The lowest BCUT2D eigenvalue weighted by molar-refractivity contribution is 0.0974. The third-order valence-electron chi connectivity index (χ3n) is 4.13. The number of amides is 1. The molecule has 1 atom stereocenters. The quantitative estimate of drug-likeness (QED) is 0.359. The van der Waals surface area contributed by atoms with Gasteiger partial charge in [-0.25, -0.2) is 0 Å². The van der Waals surface area contributed by atoms with E-state index in [4.69, 9.17) is 17.0 Å². The molecule has 27 heavy (non-hydrogen) atoms. The zero-order valence-electron chi connectivity index (χ0n) is 15.1. The fourth-order valence-electron chi connectivity index (χ4n) is 2.46. The van der Waals surface area contributed by atoms with Crippen molar-refractivity contribution in [2.24, 2.45) is 0 Å². The molecule has 2 rings (SSSR count). The minimum Gasteiger partial charge on any atom is -0.506 e. The number of nitrogens with one attached hydrogen (secondary N) is 2. The number of anilines is 1. The van der Waals surface area contributed by atoms with Gasteiger partial charge in [0.25, 0.3) is 5.91 Å². The van der Waals surface area contributed by atoms with Crippen molar-refractivity contribution in [2.45, 2.75) is 26.2 Å². The largest absolute Gasteiger partial charge is 0.506 e. The Morgan fingerprint density at radius 1 is 1.30 bits per heavy atom. The number of rotatable bonds is 5. The van der Waals surface area contributed by atoms with E-state index in [1.54, 1.807) is 18.2 Å². The van der Waals surface area contributed by atoms with Crippen LogP contribution in [-0.2, 0) is 0 Å². The van der Waals surface area contributed by atoms with Gasteiger partial charge in [0.2, 0.25) is 0 Å². The lowest BCUT2D eigenvalue weighted by atomic mass is 9.98. The maximum Gasteiger partial charge on any atom is 0.261 e. The summed E-state index contributed by atoms with van der Waals surface area (Å²) in [4.78, 5) is 12.6. The number of thiocarbonyl (C=S) groups is 1. The summed E-state index contributed by atoms with van der Waals surface area (Å²) < 4.78 is 6.65. The van der Waals surface area contributed by atoms with Gasteiger partial charge in [-0.05, 0) is 70.3 Å². The molecule has 3 N–H and O–H groups in total. The molecule has 0 spiro atoms. The molecule has 0 aromatic heterocycles. The van der Waals surface area contributed by atoms with Gasteiger partial charge in [-0.2, -0.15) is 0 Å². The molecule has 0 radical (unpaired) electrons. The number of phenolic OH excluding ortho intramolecular Hbond substituents is 1. The van der Waals surface area contributed by atoms with Gasteiger partial charge in [-0.15, -0.1) is 0 Å². The molecule has 0 saturated carbocycles. The predicted octanol–water partition coefficient (Wildman–Crippen LogP) is 5.57. The van der Waals surface area contributed by atoms with Gasteiger partial charge >= 0.3 is 0 Å². The van der Waals surface area contributed by atoms with Gasteiger partial charge in [0.05, 0.1) is 22.8 Å². The van der Waals surface area contributed by atoms with Gasteiger partial charge in [-0.3, -0.25) is 10.1 Å². The summed E-state index contributed by atoms with van der Waals surface area (Å²) in [7, 11) is 1.49. The first-order valence-electron chi connectivity index (χ1n) is 8.25. The number of benzene rings is 2. The minimum atomic E-state index is -0.427. The number of carbonyl (C=O) groups is 1. The number of carbonyl (C=O) groups excluding carboxylic acids is 1. The van der Waals surface area contributed by atoms with Crippen molar-refractivity contribution in [3.63, 3.8) is 0 Å². The molecule has 0 aliphatic carbocycles. The van der Waals surface area contributed by atoms with Crippen LogP contribution in [0.4, 0.5) is 5.69 Å². The molecule has 0 saturated heterocycles. The Kier molecular flexibility index (Phi) is 7.64. The van der Waals surface area contributed by atoms with E-state index in [9.17, 15) is 9.90 Å². The van der Waals surface area contributed by atoms with Crippen LogP contribution >= 0.6 is 44.1 Å².